The van der Waals surface area contributed by atoms with Gasteiger partial charge in [-0.3, -0.25) is 4.79 Å². The number of carbonyl (C=O) groups is 1. The predicted molar refractivity (Wildman–Crippen MR) is 90.3 cm³/mol. The van der Waals surface area contributed by atoms with Gasteiger partial charge in [0.1, 0.15) is 5.82 Å². The van der Waals surface area contributed by atoms with Gasteiger partial charge in [-0.05, 0) is 38.1 Å². The second kappa shape index (κ2) is 8.08. The molecule has 1 heterocycles. The smallest absolute Gasteiger partial charge is 0.224 e. The lowest BCUT2D eigenvalue weighted by molar-refractivity contribution is -0.124. The van der Waals surface area contributed by atoms with Crippen LogP contribution in [0, 0.1) is 18.7 Å². The molecule has 0 spiro atoms. The van der Waals surface area contributed by atoms with Crippen molar-refractivity contribution in [2.45, 2.75) is 26.8 Å². The van der Waals surface area contributed by atoms with Crippen LogP contribution in [0.3, 0.4) is 0 Å². The highest BCUT2D eigenvalue weighted by Gasteiger charge is 2.18. The lowest BCUT2D eigenvalue weighted by Crippen LogP contribution is -2.35. The summed E-state index contributed by atoms with van der Waals surface area (Å²) < 4.78 is 14.7. The van der Waals surface area contributed by atoms with Crippen molar-refractivity contribution in [2.75, 3.05) is 6.54 Å². The van der Waals surface area contributed by atoms with E-state index in [4.69, 9.17) is 5.73 Å². The maximum Gasteiger partial charge on any atom is 0.224 e. The highest BCUT2D eigenvalue weighted by atomic mass is 35.5. The molecule has 0 saturated heterocycles. The number of aromatic nitrogens is 2. The van der Waals surface area contributed by atoms with Crippen molar-refractivity contribution in [3.05, 3.63) is 47.5 Å². The molecule has 2 atom stereocenters. The van der Waals surface area contributed by atoms with E-state index in [1.807, 2.05) is 13.8 Å². The molecule has 1 aromatic carbocycles. The molecule has 2 aromatic rings. The average Bonchev–Trinajstić information content (AvgIpc) is 2.89. The predicted octanol–water partition coefficient (Wildman–Crippen LogP) is 2.51. The van der Waals surface area contributed by atoms with Gasteiger partial charge in [0.25, 0.3) is 0 Å². The number of hydrogen-bond acceptors (Lipinski definition) is 3. The van der Waals surface area contributed by atoms with E-state index in [0.717, 1.165) is 16.9 Å². The Kier molecular flexibility index (Phi) is 6.72. The second-order valence-corrected chi connectivity index (χ2v) is 5.44. The molecule has 5 nitrogen and oxygen atoms in total. The fourth-order valence-electron chi connectivity index (χ4n) is 2.23. The van der Waals surface area contributed by atoms with Crippen molar-refractivity contribution >= 4 is 18.3 Å². The molecule has 0 bridgehead atoms. The van der Waals surface area contributed by atoms with Gasteiger partial charge in [-0.2, -0.15) is 5.10 Å². The van der Waals surface area contributed by atoms with E-state index in [-0.39, 0.29) is 36.1 Å². The van der Waals surface area contributed by atoms with E-state index < -0.39 is 0 Å². The van der Waals surface area contributed by atoms with Crippen LogP contribution in [0.15, 0.2) is 30.5 Å². The molecule has 2 unspecified atom stereocenters. The summed E-state index contributed by atoms with van der Waals surface area (Å²) in [5, 5.41) is 7.26. The highest BCUT2D eigenvalue weighted by Crippen LogP contribution is 2.20. The van der Waals surface area contributed by atoms with Gasteiger partial charge in [-0.1, -0.05) is 6.92 Å². The lowest BCUT2D eigenvalue weighted by atomic mass is 10.1. The number of nitrogens with two attached hydrogens (primary N) is 1. The zero-order valence-corrected chi connectivity index (χ0v) is 14.2. The Bertz CT molecular complexity index is 657. The molecule has 2 rings (SSSR count). The molecule has 1 amide bonds. The Morgan fingerprint density at radius 3 is 2.52 bits per heavy atom. The third-order valence-corrected chi connectivity index (χ3v) is 3.75. The van der Waals surface area contributed by atoms with Crippen LogP contribution in [-0.4, -0.2) is 22.2 Å². The Labute approximate surface area is 141 Å². The van der Waals surface area contributed by atoms with Crippen LogP contribution in [0.5, 0.6) is 0 Å². The Balaban J connectivity index is 0.00000264. The van der Waals surface area contributed by atoms with Crippen molar-refractivity contribution in [2.24, 2.45) is 11.7 Å². The topological polar surface area (TPSA) is 72.9 Å². The fourth-order valence-corrected chi connectivity index (χ4v) is 2.23. The molecule has 3 N–H and O–H groups in total. The van der Waals surface area contributed by atoms with Crippen LogP contribution in [-0.2, 0) is 4.79 Å². The summed E-state index contributed by atoms with van der Waals surface area (Å²) in [7, 11) is 0. The van der Waals surface area contributed by atoms with E-state index in [1.165, 1.54) is 12.1 Å². The molecule has 0 radical (unpaired) electrons. The van der Waals surface area contributed by atoms with Crippen molar-refractivity contribution < 1.29 is 9.18 Å². The van der Waals surface area contributed by atoms with Gasteiger partial charge in [-0.15, -0.1) is 12.4 Å². The second-order valence-electron chi connectivity index (χ2n) is 5.44. The molecule has 0 aliphatic heterocycles. The molecule has 23 heavy (non-hydrogen) atoms. The van der Waals surface area contributed by atoms with Crippen molar-refractivity contribution in [3.63, 3.8) is 0 Å². The molecule has 7 heteroatoms. The molecule has 0 fully saturated rings. The number of amides is 1. The number of nitrogens with zero attached hydrogens (tertiary/aromatic N) is 2. The Morgan fingerprint density at radius 1 is 1.35 bits per heavy atom. The Hall–Kier alpha value is -1.92. The minimum Gasteiger partial charge on any atom is -0.349 e. The summed E-state index contributed by atoms with van der Waals surface area (Å²) in [6.07, 6.45) is 1.72. The first-order valence-corrected chi connectivity index (χ1v) is 7.25. The van der Waals surface area contributed by atoms with Gasteiger partial charge in [0.05, 0.1) is 17.9 Å². The lowest BCUT2D eigenvalue weighted by Gasteiger charge is -2.16. The van der Waals surface area contributed by atoms with Crippen molar-refractivity contribution in [3.8, 4) is 5.69 Å². The van der Waals surface area contributed by atoms with Crippen molar-refractivity contribution in [1.29, 1.82) is 0 Å². The molecular formula is C16H22ClFN4O. The number of halogens is 2. The average molecular weight is 341 g/mol. The number of benzene rings is 1. The fraction of sp³-hybridized carbons (Fsp3) is 0.375. The highest BCUT2D eigenvalue weighted by molar-refractivity contribution is 5.85. The van der Waals surface area contributed by atoms with Gasteiger partial charge < -0.3 is 11.1 Å². The van der Waals surface area contributed by atoms with Gasteiger partial charge >= 0.3 is 0 Å². The Morgan fingerprint density at radius 2 is 1.96 bits per heavy atom. The van der Waals surface area contributed by atoms with E-state index in [1.54, 1.807) is 29.9 Å². The summed E-state index contributed by atoms with van der Waals surface area (Å²) in [6.45, 7) is 5.92. The van der Waals surface area contributed by atoms with Gasteiger partial charge in [0.2, 0.25) is 5.91 Å². The van der Waals surface area contributed by atoms with Gasteiger partial charge in [-0.25, -0.2) is 9.07 Å². The normalized spacial score (nSPS) is 13.1. The number of hydrogen-bond donors (Lipinski definition) is 2. The van der Waals surface area contributed by atoms with E-state index in [0.29, 0.717) is 6.54 Å². The van der Waals surface area contributed by atoms with Crippen LogP contribution in [0.2, 0.25) is 0 Å². The van der Waals surface area contributed by atoms with Gasteiger partial charge in [0.15, 0.2) is 0 Å². The molecular weight excluding hydrogens is 319 g/mol. The van der Waals surface area contributed by atoms with Crippen LogP contribution < -0.4 is 11.1 Å². The zero-order valence-electron chi connectivity index (χ0n) is 13.4. The summed E-state index contributed by atoms with van der Waals surface area (Å²) in [4.78, 5) is 11.9. The van der Waals surface area contributed by atoms with Crippen LogP contribution >= 0.6 is 12.4 Å². The van der Waals surface area contributed by atoms with E-state index in [2.05, 4.69) is 10.4 Å². The maximum absolute atomic E-state index is 13.0. The van der Waals surface area contributed by atoms with Crippen LogP contribution in [0.4, 0.5) is 4.39 Å². The minimum absolute atomic E-state index is 0. The molecule has 0 saturated carbocycles. The zero-order chi connectivity index (χ0) is 16.3. The quantitative estimate of drug-likeness (QED) is 0.878. The standard InChI is InChI=1S/C16H21FN4O.ClH/c1-10(8-18)16(22)20-11(2)15-9-19-21(12(15)3)14-6-4-13(17)5-7-14;/h4-7,9-11H,8,18H2,1-3H3,(H,20,22);1H. The van der Waals surface area contributed by atoms with Crippen molar-refractivity contribution in [1.82, 2.24) is 15.1 Å². The summed E-state index contributed by atoms with van der Waals surface area (Å²) in [5.74, 6) is -0.594. The van der Waals surface area contributed by atoms with Crippen LogP contribution in [0.1, 0.15) is 31.1 Å². The largest absolute Gasteiger partial charge is 0.349 e. The first-order chi connectivity index (χ1) is 10.4. The third-order valence-electron chi connectivity index (χ3n) is 3.75. The van der Waals surface area contributed by atoms with Gasteiger partial charge in [0, 0.05) is 23.7 Å². The number of nitrogens with one attached hydrogen (secondary N) is 1. The first-order valence-electron chi connectivity index (χ1n) is 7.25. The van der Waals surface area contributed by atoms with Crippen LogP contribution in [0.25, 0.3) is 5.69 Å². The maximum atomic E-state index is 13.0. The molecule has 1 aromatic heterocycles. The number of carbonyl (C=O) groups excluding carboxylic acids is 1. The van der Waals surface area contributed by atoms with E-state index >= 15 is 0 Å². The number of rotatable bonds is 5. The van der Waals surface area contributed by atoms with E-state index in [9.17, 15) is 9.18 Å². The minimum atomic E-state index is -0.287. The summed E-state index contributed by atoms with van der Waals surface area (Å²) in [5.41, 5.74) is 8.10. The molecule has 0 aliphatic carbocycles. The monoisotopic (exact) mass is 340 g/mol. The SMILES string of the molecule is Cc1c(C(C)NC(=O)C(C)CN)cnn1-c1ccc(F)cc1.Cl. The third kappa shape index (κ3) is 4.30. The summed E-state index contributed by atoms with van der Waals surface area (Å²) >= 11 is 0. The summed E-state index contributed by atoms with van der Waals surface area (Å²) in [6, 6.07) is 5.95. The first kappa shape index (κ1) is 19.1. The molecule has 0 aliphatic rings. The molecule has 126 valence electrons.